The second-order valence-corrected chi connectivity index (χ2v) is 3.59. The summed E-state index contributed by atoms with van der Waals surface area (Å²) in [4.78, 5) is 12.6. The first-order valence-electron chi connectivity index (χ1n) is 5.32. The molecule has 2 N–H and O–H groups in total. The molecule has 0 fully saturated rings. The molecule has 4 nitrogen and oxygen atoms in total. The van der Waals surface area contributed by atoms with Gasteiger partial charge in [0.25, 0.3) is 0 Å². The topological polar surface area (TPSA) is 60.8 Å². The number of likely N-dealkylation sites (N-methyl/N-ethyl adjacent to an activating group) is 1. The summed E-state index contributed by atoms with van der Waals surface area (Å²) >= 11 is 0. The van der Waals surface area contributed by atoms with Gasteiger partial charge in [-0.1, -0.05) is 20.4 Å². The predicted octanol–water partition coefficient (Wildman–Crippen LogP) is 1.11. The number of carboxylic acids is 1. The Balaban J connectivity index is 3.78. The average Bonchev–Trinajstić information content (AvgIpc) is 2.22. The van der Waals surface area contributed by atoms with E-state index in [-0.39, 0.29) is 5.57 Å². The molecule has 0 saturated carbocycles. The van der Waals surface area contributed by atoms with E-state index in [2.05, 4.69) is 11.5 Å². The summed E-state index contributed by atoms with van der Waals surface area (Å²) < 4.78 is 0. The maximum Gasteiger partial charge on any atom is 0.330 e. The maximum absolute atomic E-state index is 10.5. The molecule has 0 radical (unpaired) electrons. The lowest BCUT2D eigenvalue weighted by atomic mass is 10.1. The normalized spacial score (nSPS) is 12.8. The first-order chi connectivity index (χ1) is 7.01. The first kappa shape index (κ1) is 14.1. The summed E-state index contributed by atoms with van der Waals surface area (Å²) in [5.74, 6) is -0.981. The van der Waals surface area contributed by atoms with Gasteiger partial charge in [0.2, 0.25) is 0 Å². The summed E-state index contributed by atoms with van der Waals surface area (Å²) in [6, 6.07) is 0. The van der Waals surface area contributed by atoms with Crippen molar-refractivity contribution in [2.45, 2.75) is 32.8 Å². The van der Waals surface area contributed by atoms with Gasteiger partial charge in [0.05, 0.1) is 6.10 Å². The smallest absolute Gasteiger partial charge is 0.330 e. The minimum absolute atomic E-state index is 0.161. The van der Waals surface area contributed by atoms with Crippen molar-refractivity contribution in [3.8, 4) is 0 Å². The Labute approximate surface area is 91.2 Å². The van der Waals surface area contributed by atoms with E-state index in [0.29, 0.717) is 19.4 Å². The number of nitrogens with zero attached hydrogens (tertiary/aromatic N) is 1. The van der Waals surface area contributed by atoms with Gasteiger partial charge in [0, 0.05) is 12.1 Å². The lowest BCUT2D eigenvalue weighted by Crippen LogP contribution is -2.32. The van der Waals surface area contributed by atoms with Gasteiger partial charge < -0.3 is 15.1 Å². The second-order valence-electron chi connectivity index (χ2n) is 3.59. The van der Waals surface area contributed by atoms with Crippen molar-refractivity contribution in [2.75, 3.05) is 19.6 Å². The molecule has 0 aliphatic rings. The monoisotopic (exact) mass is 215 g/mol. The molecule has 0 aliphatic carbocycles. The number of aliphatic hydroxyl groups is 1. The zero-order valence-electron chi connectivity index (χ0n) is 9.57. The van der Waals surface area contributed by atoms with Gasteiger partial charge in [-0.25, -0.2) is 4.79 Å². The zero-order chi connectivity index (χ0) is 11.8. The van der Waals surface area contributed by atoms with E-state index in [1.807, 2.05) is 13.8 Å². The first-order valence-corrected chi connectivity index (χ1v) is 5.32. The largest absolute Gasteiger partial charge is 0.478 e. The summed E-state index contributed by atoms with van der Waals surface area (Å²) in [5.41, 5.74) is 0.161. The molecular weight excluding hydrogens is 194 g/mol. The van der Waals surface area contributed by atoms with Crippen LogP contribution in [-0.2, 0) is 4.79 Å². The number of hydrogen-bond donors (Lipinski definition) is 2. The molecular formula is C11H21NO3. The van der Waals surface area contributed by atoms with Crippen molar-refractivity contribution in [1.29, 1.82) is 0 Å². The van der Waals surface area contributed by atoms with Crippen LogP contribution in [0.3, 0.4) is 0 Å². The van der Waals surface area contributed by atoms with E-state index < -0.39 is 12.1 Å². The lowest BCUT2D eigenvalue weighted by molar-refractivity contribution is -0.132. The molecule has 0 heterocycles. The van der Waals surface area contributed by atoms with Crippen LogP contribution in [0.4, 0.5) is 0 Å². The van der Waals surface area contributed by atoms with Gasteiger partial charge in [-0.2, -0.15) is 0 Å². The van der Waals surface area contributed by atoms with Crippen LogP contribution < -0.4 is 0 Å². The standard InChI is InChI=1S/C11H21NO3/c1-4-12(5-2)8-10(13)7-6-9(3)11(14)15/h10,13H,3-8H2,1-2H3,(H,14,15). The van der Waals surface area contributed by atoms with Crippen LogP contribution in [0.25, 0.3) is 0 Å². The number of aliphatic hydroxyl groups excluding tert-OH is 1. The van der Waals surface area contributed by atoms with Crippen molar-refractivity contribution in [1.82, 2.24) is 4.90 Å². The van der Waals surface area contributed by atoms with E-state index in [9.17, 15) is 9.90 Å². The van der Waals surface area contributed by atoms with Crippen LogP contribution in [0.15, 0.2) is 12.2 Å². The molecule has 0 aromatic carbocycles. The number of carboxylic acid groups (broad SMARTS) is 1. The third kappa shape index (κ3) is 6.25. The molecule has 0 aromatic rings. The maximum atomic E-state index is 10.5. The highest BCUT2D eigenvalue weighted by atomic mass is 16.4. The van der Waals surface area contributed by atoms with Crippen LogP contribution >= 0.6 is 0 Å². The minimum Gasteiger partial charge on any atom is -0.478 e. The molecule has 88 valence electrons. The van der Waals surface area contributed by atoms with Gasteiger partial charge in [0.1, 0.15) is 0 Å². The molecule has 0 amide bonds. The molecule has 15 heavy (non-hydrogen) atoms. The van der Waals surface area contributed by atoms with Crippen LogP contribution in [0.1, 0.15) is 26.7 Å². The van der Waals surface area contributed by atoms with Gasteiger partial charge in [-0.15, -0.1) is 0 Å². The van der Waals surface area contributed by atoms with Crippen molar-refractivity contribution >= 4 is 5.97 Å². The highest BCUT2D eigenvalue weighted by Crippen LogP contribution is 2.07. The Morgan fingerprint density at radius 2 is 1.93 bits per heavy atom. The Bertz CT molecular complexity index is 212. The molecule has 0 saturated heterocycles. The Kier molecular flexibility index (Phi) is 6.99. The quantitative estimate of drug-likeness (QED) is 0.595. The van der Waals surface area contributed by atoms with Crippen molar-refractivity contribution in [3.05, 3.63) is 12.2 Å². The fraction of sp³-hybridized carbons (Fsp3) is 0.727. The molecule has 0 rings (SSSR count). The highest BCUT2D eigenvalue weighted by Gasteiger charge is 2.11. The Morgan fingerprint density at radius 1 is 1.40 bits per heavy atom. The fourth-order valence-corrected chi connectivity index (χ4v) is 1.32. The van der Waals surface area contributed by atoms with Crippen LogP contribution in [0.2, 0.25) is 0 Å². The minimum atomic E-state index is -0.981. The van der Waals surface area contributed by atoms with E-state index in [1.165, 1.54) is 0 Å². The zero-order valence-corrected chi connectivity index (χ0v) is 9.57. The van der Waals surface area contributed by atoms with Gasteiger partial charge in [0.15, 0.2) is 0 Å². The number of hydrogen-bond acceptors (Lipinski definition) is 3. The third-order valence-electron chi connectivity index (χ3n) is 2.45. The molecule has 0 aliphatic heterocycles. The number of carbonyl (C=O) groups is 1. The lowest BCUT2D eigenvalue weighted by Gasteiger charge is -2.21. The average molecular weight is 215 g/mol. The van der Waals surface area contributed by atoms with Crippen LogP contribution in [0.5, 0.6) is 0 Å². The summed E-state index contributed by atoms with van der Waals surface area (Å²) in [7, 11) is 0. The van der Waals surface area contributed by atoms with Crippen LogP contribution in [0, 0.1) is 0 Å². The number of rotatable bonds is 8. The Hall–Kier alpha value is -0.870. The van der Waals surface area contributed by atoms with Gasteiger partial charge in [-0.3, -0.25) is 0 Å². The van der Waals surface area contributed by atoms with Crippen LogP contribution in [-0.4, -0.2) is 46.8 Å². The summed E-state index contributed by atoms with van der Waals surface area (Å²) in [6.07, 6.45) is 0.334. The van der Waals surface area contributed by atoms with Crippen molar-refractivity contribution in [3.63, 3.8) is 0 Å². The van der Waals surface area contributed by atoms with E-state index in [4.69, 9.17) is 5.11 Å². The summed E-state index contributed by atoms with van der Waals surface area (Å²) in [6.45, 7) is 9.88. The fourth-order valence-electron chi connectivity index (χ4n) is 1.32. The molecule has 0 spiro atoms. The van der Waals surface area contributed by atoms with Gasteiger partial charge >= 0.3 is 5.97 Å². The van der Waals surface area contributed by atoms with E-state index in [1.54, 1.807) is 0 Å². The summed E-state index contributed by atoms with van der Waals surface area (Å²) in [5, 5.41) is 18.2. The molecule has 0 bridgehead atoms. The molecule has 1 unspecified atom stereocenters. The SMILES string of the molecule is C=C(CCC(O)CN(CC)CC)C(=O)O. The molecule has 1 atom stereocenters. The second kappa shape index (κ2) is 7.43. The van der Waals surface area contributed by atoms with Crippen molar-refractivity contribution < 1.29 is 15.0 Å². The Morgan fingerprint density at radius 3 is 2.33 bits per heavy atom. The predicted molar refractivity (Wildman–Crippen MR) is 59.8 cm³/mol. The number of aliphatic carboxylic acids is 1. The molecule has 0 aromatic heterocycles. The van der Waals surface area contributed by atoms with E-state index in [0.717, 1.165) is 13.1 Å². The third-order valence-corrected chi connectivity index (χ3v) is 2.45. The van der Waals surface area contributed by atoms with Crippen molar-refractivity contribution in [2.24, 2.45) is 0 Å². The molecule has 4 heteroatoms. The highest BCUT2D eigenvalue weighted by molar-refractivity contribution is 5.85. The van der Waals surface area contributed by atoms with Gasteiger partial charge in [-0.05, 0) is 25.9 Å². The van der Waals surface area contributed by atoms with E-state index >= 15 is 0 Å².